The summed E-state index contributed by atoms with van der Waals surface area (Å²) in [7, 11) is 0. The van der Waals surface area contributed by atoms with Gasteiger partial charge in [0.25, 0.3) is 0 Å². The van der Waals surface area contributed by atoms with Gasteiger partial charge in [0.2, 0.25) is 0 Å². The molecule has 0 amide bonds. The molecule has 4 nitrogen and oxygen atoms in total. The summed E-state index contributed by atoms with van der Waals surface area (Å²) in [6.45, 7) is 20.1. The van der Waals surface area contributed by atoms with E-state index in [9.17, 15) is 9.59 Å². The van der Waals surface area contributed by atoms with Crippen LogP contribution in [0.3, 0.4) is 0 Å². The molecular weight excluding hydrogens is 352 g/mol. The maximum atomic E-state index is 11.8. The Hall–Kier alpha value is -1.58. The van der Waals surface area contributed by atoms with Gasteiger partial charge in [-0.25, -0.2) is 0 Å². The number of rotatable bonds is 6. The van der Waals surface area contributed by atoms with Crippen LogP contribution < -0.4 is 0 Å². The third-order valence-electron chi connectivity index (χ3n) is 7.27. The van der Waals surface area contributed by atoms with Crippen molar-refractivity contribution in [2.45, 2.75) is 91.8 Å². The number of ether oxygens (including phenoxy) is 2. The average Bonchev–Trinajstić information content (AvgIpc) is 2.51. The van der Waals surface area contributed by atoms with E-state index < -0.39 is 5.60 Å². The molecule has 2 aliphatic rings. The third-order valence-corrected chi connectivity index (χ3v) is 7.27. The molecule has 0 aliphatic heterocycles. The van der Waals surface area contributed by atoms with Gasteiger partial charge in [0.05, 0.1) is 0 Å². The molecule has 0 radical (unpaired) electrons. The molecule has 4 heteroatoms. The van der Waals surface area contributed by atoms with Gasteiger partial charge in [-0.2, -0.15) is 0 Å². The van der Waals surface area contributed by atoms with Crippen LogP contribution in [0.1, 0.15) is 80.1 Å². The SMILES string of the molecule is C=C[C@](C)(CC[C@@H]1C(=C)C[C@H](OC(C)=O)[C@H]2C(C)(C)CCC[C@]12C)OC(C)=O. The molecule has 0 aromatic carbocycles. The predicted molar refractivity (Wildman–Crippen MR) is 112 cm³/mol. The third kappa shape index (κ3) is 4.52. The molecule has 0 heterocycles. The van der Waals surface area contributed by atoms with Gasteiger partial charge >= 0.3 is 11.9 Å². The van der Waals surface area contributed by atoms with Gasteiger partial charge in [0.15, 0.2) is 0 Å². The molecule has 0 aromatic heterocycles. The van der Waals surface area contributed by atoms with E-state index in [2.05, 4.69) is 33.9 Å². The maximum Gasteiger partial charge on any atom is 0.303 e. The highest BCUT2D eigenvalue weighted by Crippen LogP contribution is 2.62. The van der Waals surface area contributed by atoms with Crippen molar-refractivity contribution in [3.05, 3.63) is 24.8 Å². The van der Waals surface area contributed by atoms with E-state index in [1.807, 2.05) is 6.92 Å². The zero-order valence-corrected chi connectivity index (χ0v) is 18.6. The number of hydrogen-bond acceptors (Lipinski definition) is 4. The molecule has 0 spiro atoms. The van der Waals surface area contributed by atoms with Crippen molar-refractivity contribution in [1.82, 2.24) is 0 Å². The Kier molecular flexibility index (Phi) is 6.52. The normalized spacial score (nSPS) is 33.9. The largest absolute Gasteiger partial charge is 0.462 e. The van der Waals surface area contributed by atoms with Crippen LogP contribution in [0, 0.1) is 22.7 Å². The van der Waals surface area contributed by atoms with Gasteiger partial charge < -0.3 is 9.47 Å². The fourth-order valence-corrected chi connectivity index (χ4v) is 6.24. The number of carbonyl (C=O) groups is 2. The standard InChI is InChI=1S/C24H38O4/c1-9-23(7,28-18(4)26)14-11-19-16(2)15-20(27-17(3)25)21-22(5,6)12-10-13-24(19,21)8/h9,19-21H,1-2,10-15H2,3-8H3/t19-,20+,21+,23-,24-/m1/s1. The van der Waals surface area contributed by atoms with Crippen LogP contribution in [0.5, 0.6) is 0 Å². The van der Waals surface area contributed by atoms with Crippen molar-refractivity contribution in [2.75, 3.05) is 0 Å². The Morgan fingerprint density at radius 2 is 1.86 bits per heavy atom. The summed E-state index contributed by atoms with van der Waals surface area (Å²) in [5, 5.41) is 0. The fraction of sp³-hybridized carbons (Fsp3) is 0.750. The van der Waals surface area contributed by atoms with Gasteiger partial charge in [-0.1, -0.05) is 45.9 Å². The molecule has 0 unspecified atom stereocenters. The lowest BCUT2D eigenvalue weighted by Gasteiger charge is -2.60. The Balaban J connectivity index is 2.32. The summed E-state index contributed by atoms with van der Waals surface area (Å²) in [6, 6.07) is 0. The van der Waals surface area contributed by atoms with E-state index in [-0.39, 0.29) is 34.8 Å². The molecule has 158 valence electrons. The monoisotopic (exact) mass is 390 g/mol. The fourth-order valence-electron chi connectivity index (χ4n) is 6.24. The van der Waals surface area contributed by atoms with Gasteiger partial charge in [-0.15, -0.1) is 0 Å². The molecule has 2 fully saturated rings. The minimum absolute atomic E-state index is 0.00943. The van der Waals surface area contributed by atoms with Crippen molar-refractivity contribution < 1.29 is 19.1 Å². The van der Waals surface area contributed by atoms with Gasteiger partial charge in [-0.3, -0.25) is 9.59 Å². The lowest BCUT2D eigenvalue weighted by molar-refractivity contribution is -0.171. The van der Waals surface area contributed by atoms with Crippen LogP contribution in [0.15, 0.2) is 24.8 Å². The van der Waals surface area contributed by atoms with Gasteiger partial charge in [0.1, 0.15) is 11.7 Å². The molecule has 2 saturated carbocycles. The quantitative estimate of drug-likeness (QED) is 0.437. The predicted octanol–water partition coefficient (Wildman–Crippen LogP) is 5.61. The first-order valence-electron chi connectivity index (χ1n) is 10.5. The van der Waals surface area contributed by atoms with Crippen LogP contribution in [0.2, 0.25) is 0 Å². The minimum atomic E-state index is -0.672. The van der Waals surface area contributed by atoms with Gasteiger partial charge in [-0.05, 0) is 55.4 Å². The molecule has 28 heavy (non-hydrogen) atoms. The Morgan fingerprint density at radius 1 is 1.21 bits per heavy atom. The summed E-state index contributed by atoms with van der Waals surface area (Å²) in [6.07, 6.45) is 7.33. The second-order valence-electron chi connectivity index (χ2n) is 10.0. The Morgan fingerprint density at radius 3 is 2.39 bits per heavy atom. The van der Waals surface area contributed by atoms with Crippen molar-refractivity contribution in [3.63, 3.8) is 0 Å². The second kappa shape index (κ2) is 8.04. The van der Waals surface area contributed by atoms with Crippen LogP contribution in [0.25, 0.3) is 0 Å². The first-order valence-corrected chi connectivity index (χ1v) is 10.5. The van der Waals surface area contributed by atoms with E-state index in [4.69, 9.17) is 9.47 Å². The maximum absolute atomic E-state index is 11.8. The molecule has 0 aromatic rings. The van der Waals surface area contributed by atoms with E-state index >= 15 is 0 Å². The first-order chi connectivity index (χ1) is 12.8. The van der Waals surface area contributed by atoms with Crippen LogP contribution >= 0.6 is 0 Å². The summed E-state index contributed by atoms with van der Waals surface area (Å²) >= 11 is 0. The average molecular weight is 391 g/mol. The molecular formula is C24H38O4. The molecule has 5 atom stereocenters. The highest BCUT2D eigenvalue weighted by molar-refractivity contribution is 5.67. The first kappa shape index (κ1) is 22.7. The van der Waals surface area contributed by atoms with E-state index in [1.54, 1.807) is 6.08 Å². The summed E-state index contributed by atoms with van der Waals surface area (Å²) < 4.78 is 11.4. The van der Waals surface area contributed by atoms with Crippen molar-refractivity contribution in [2.24, 2.45) is 22.7 Å². The Labute approximate surface area is 170 Å². The smallest absolute Gasteiger partial charge is 0.303 e. The van der Waals surface area contributed by atoms with Gasteiger partial charge in [0, 0.05) is 26.2 Å². The summed E-state index contributed by atoms with van der Waals surface area (Å²) in [5.41, 5.74) is 0.589. The minimum Gasteiger partial charge on any atom is -0.462 e. The van der Waals surface area contributed by atoms with E-state index in [1.165, 1.54) is 20.3 Å². The van der Waals surface area contributed by atoms with Crippen molar-refractivity contribution in [3.8, 4) is 0 Å². The van der Waals surface area contributed by atoms with Crippen LogP contribution in [-0.2, 0) is 19.1 Å². The number of carbonyl (C=O) groups excluding carboxylic acids is 2. The van der Waals surface area contributed by atoms with E-state index in [0.717, 1.165) is 24.8 Å². The number of hydrogen-bond donors (Lipinski definition) is 0. The van der Waals surface area contributed by atoms with Crippen LogP contribution in [-0.4, -0.2) is 23.6 Å². The van der Waals surface area contributed by atoms with Crippen molar-refractivity contribution >= 4 is 11.9 Å². The molecule has 2 aliphatic carbocycles. The highest BCUT2D eigenvalue weighted by atomic mass is 16.6. The van der Waals surface area contributed by atoms with Crippen molar-refractivity contribution in [1.29, 1.82) is 0 Å². The lowest BCUT2D eigenvalue weighted by Crippen LogP contribution is -2.56. The Bertz CT molecular complexity index is 649. The van der Waals surface area contributed by atoms with Crippen LogP contribution in [0.4, 0.5) is 0 Å². The number of fused-ring (bicyclic) bond motifs is 1. The molecule has 0 N–H and O–H groups in total. The van der Waals surface area contributed by atoms with E-state index in [0.29, 0.717) is 18.8 Å². The summed E-state index contributed by atoms with van der Waals surface area (Å²) in [5.74, 6) is 0.0901. The zero-order valence-electron chi connectivity index (χ0n) is 18.6. The number of esters is 2. The topological polar surface area (TPSA) is 52.6 Å². The zero-order chi connectivity index (χ0) is 21.3. The molecule has 0 bridgehead atoms. The second-order valence-corrected chi connectivity index (χ2v) is 10.0. The highest BCUT2D eigenvalue weighted by Gasteiger charge is 2.57. The lowest BCUT2D eigenvalue weighted by atomic mass is 9.46. The molecule has 0 saturated heterocycles. The molecule has 2 rings (SSSR count). The summed E-state index contributed by atoms with van der Waals surface area (Å²) in [4.78, 5) is 23.3.